The lowest BCUT2D eigenvalue weighted by molar-refractivity contribution is 0.0696. The summed E-state index contributed by atoms with van der Waals surface area (Å²) in [6.45, 7) is 5.86. The van der Waals surface area contributed by atoms with E-state index in [1.165, 1.54) is 18.2 Å². The summed E-state index contributed by atoms with van der Waals surface area (Å²) < 4.78 is 33.3. The highest BCUT2D eigenvalue weighted by atomic mass is 32.2. The van der Waals surface area contributed by atoms with Gasteiger partial charge in [-0.3, -0.25) is 0 Å². The zero-order valence-electron chi connectivity index (χ0n) is 16.4. The lowest BCUT2D eigenvalue weighted by Crippen LogP contribution is -2.30. The fourth-order valence-electron chi connectivity index (χ4n) is 2.58. The quantitative estimate of drug-likeness (QED) is 0.622. The second-order valence-corrected chi connectivity index (χ2v) is 9.12. The van der Waals surface area contributed by atoms with Crippen LogP contribution in [-0.2, 0) is 16.4 Å². The van der Waals surface area contributed by atoms with Crippen LogP contribution in [0.1, 0.15) is 36.7 Å². The number of rotatable bonds is 8. The molecule has 0 unspecified atom stereocenters. The minimum Gasteiger partial charge on any atom is -0.497 e. The highest BCUT2D eigenvalue weighted by Gasteiger charge is 2.23. The summed E-state index contributed by atoms with van der Waals surface area (Å²) >= 11 is 0. The van der Waals surface area contributed by atoms with Crippen LogP contribution in [0.3, 0.4) is 0 Å². The van der Waals surface area contributed by atoms with Crippen LogP contribution in [0.15, 0.2) is 47.4 Å². The first-order chi connectivity index (χ1) is 13.0. The van der Waals surface area contributed by atoms with Gasteiger partial charge in [-0.25, -0.2) is 17.9 Å². The van der Waals surface area contributed by atoms with Crippen molar-refractivity contribution in [1.82, 2.24) is 4.72 Å². The van der Waals surface area contributed by atoms with Crippen molar-refractivity contribution in [2.45, 2.75) is 37.6 Å². The molecule has 0 radical (unpaired) electrons. The molecule has 0 spiro atoms. The molecule has 2 aromatic rings. The van der Waals surface area contributed by atoms with Crippen LogP contribution in [0.4, 0.5) is 5.69 Å². The van der Waals surface area contributed by atoms with Crippen LogP contribution in [0.2, 0.25) is 0 Å². The first-order valence-electron chi connectivity index (χ1n) is 8.80. The molecule has 0 aliphatic rings. The van der Waals surface area contributed by atoms with Crippen molar-refractivity contribution < 1.29 is 23.1 Å². The molecule has 0 aromatic heterocycles. The van der Waals surface area contributed by atoms with Crippen LogP contribution < -0.4 is 14.8 Å². The third-order valence-electron chi connectivity index (χ3n) is 3.89. The minimum atomic E-state index is -3.90. The van der Waals surface area contributed by atoms with E-state index in [-0.39, 0.29) is 17.0 Å². The predicted octanol–water partition coefficient (Wildman–Crippen LogP) is 3.12. The minimum absolute atomic E-state index is 0.0861. The second-order valence-electron chi connectivity index (χ2n) is 7.39. The molecule has 0 fully saturated rings. The largest absolute Gasteiger partial charge is 0.497 e. The topological polar surface area (TPSA) is 105 Å². The number of methoxy groups -OCH3 is 1. The lowest BCUT2D eigenvalue weighted by atomic mass is 10.1. The number of carbonyl (C=O) groups is 1. The molecule has 0 bridgehead atoms. The van der Waals surface area contributed by atoms with E-state index in [9.17, 15) is 18.3 Å². The molecule has 0 saturated carbocycles. The summed E-state index contributed by atoms with van der Waals surface area (Å²) in [5.74, 6) is -0.454. The Hall–Kier alpha value is -2.58. The van der Waals surface area contributed by atoms with Crippen molar-refractivity contribution in [2.75, 3.05) is 19.0 Å². The molecule has 0 saturated heterocycles. The predicted molar refractivity (Wildman–Crippen MR) is 109 cm³/mol. The standard InChI is InChI=1S/C20H26N2O5S/c1-20(2,3)22-17-10-7-15(19(23)24)13-18(17)28(25,26)21-12-11-14-5-8-16(27-4)9-6-14/h5-10,13,21-22H,11-12H2,1-4H3,(H,23,24). The number of aromatic carboxylic acids is 1. The van der Waals surface area contributed by atoms with Crippen LogP contribution >= 0.6 is 0 Å². The van der Waals surface area contributed by atoms with Crippen molar-refractivity contribution in [3.63, 3.8) is 0 Å². The molecule has 0 amide bonds. The van der Waals surface area contributed by atoms with E-state index in [1.807, 2.05) is 45.0 Å². The summed E-state index contributed by atoms with van der Waals surface area (Å²) in [5.41, 5.74) is 0.832. The maximum absolute atomic E-state index is 12.8. The van der Waals surface area contributed by atoms with Crippen molar-refractivity contribution >= 4 is 21.7 Å². The van der Waals surface area contributed by atoms with Gasteiger partial charge in [-0.05, 0) is 63.1 Å². The van der Waals surface area contributed by atoms with Crippen molar-refractivity contribution in [1.29, 1.82) is 0 Å². The van der Waals surface area contributed by atoms with Crippen molar-refractivity contribution in [3.8, 4) is 5.75 Å². The second kappa shape index (κ2) is 8.62. The number of carboxylic acid groups (broad SMARTS) is 1. The molecule has 0 heterocycles. The number of benzene rings is 2. The lowest BCUT2D eigenvalue weighted by Gasteiger charge is -2.24. The van der Waals surface area contributed by atoms with Gasteiger partial charge < -0.3 is 15.2 Å². The van der Waals surface area contributed by atoms with E-state index in [4.69, 9.17) is 4.74 Å². The number of hydrogen-bond donors (Lipinski definition) is 3. The van der Waals surface area contributed by atoms with Crippen molar-refractivity contribution in [3.05, 3.63) is 53.6 Å². The van der Waals surface area contributed by atoms with Gasteiger partial charge in [0.25, 0.3) is 0 Å². The molecule has 2 rings (SSSR count). The maximum atomic E-state index is 12.8. The van der Waals surface area contributed by atoms with Gasteiger partial charge in [-0.1, -0.05) is 12.1 Å². The van der Waals surface area contributed by atoms with E-state index in [2.05, 4.69) is 10.0 Å². The third-order valence-corrected chi connectivity index (χ3v) is 5.39. The van der Waals surface area contributed by atoms with E-state index in [0.29, 0.717) is 12.1 Å². The molecule has 152 valence electrons. The Kier molecular flexibility index (Phi) is 6.69. The average molecular weight is 407 g/mol. The molecular formula is C20H26N2O5S. The normalized spacial score (nSPS) is 11.9. The van der Waals surface area contributed by atoms with Crippen LogP contribution in [-0.4, -0.2) is 38.7 Å². The number of sulfonamides is 1. The third kappa shape index (κ3) is 5.97. The highest BCUT2D eigenvalue weighted by molar-refractivity contribution is 7.89. The molecule has 3 N–H and O–H groups in total. The number of hydrogen-bond acceptors (Lipinski definition) is 5. The zero-order valence-corrected chi connectivity index (χ0v) is 17.3. The fraction of sp³-hybridized carbons (Fsp3) is 0.350. The van der Waals surface area contributed by atoms with Gasteiger partial charge in [0.15, 0.2) is 0 Å². The molecular weight excluding hydrogens is 380 g/mol. The van der Waals surface area contributed by atoms with E-state index >= 15 is 0 Å². The molecule has 28 heavy (non-hydrogen) atoms. The fourth-order valence-corrected chi connectivity index (χ4v) is 3.80. The smallest absolute Gasteiger partial charge is 0.335 e. The molecule has 0 aliphatic carbocycles. The van der Waals surface area contributed by atoms with Gasteiger partial charge in [-0.2, -0.15) is 0 Å². The summed E-state index contributed by atoms with van der Waals surface area (Å²) in [6, 6.07) is 11.4. The van der Waals surface area contributed by atoms with Gasteiger partial charge in [0.1, 0.15) is 10.6 Å². The molecule has 7 nitrogen and oxygen atoms in total. The van der Waals surface area contributed by atoms with E-state index in [1.54, 1.807) is 7.11 Å². The summed E-state index contributed by atoms with van der Waals surface area (Å²) in [6.07, 6.45) is 0.490. The Morgan fingerprint density at radius 3 is 2.29 bits per heavy atom. The van der Waals surface area contributed by atoms with Gasteiger partial charge in [0.2, 0.25) is 10.0 Å². The molecule has 0 aliphatic heterocycles. The van der Waals surface area contributed by atoms with Gasteiger partial charge in [-0.15, -0.1) is 0 Å². The zero-order chi connectivity index (χ0) is 20.9. The van der Waals surface area contributed by atoms with Crippen LogP contribution in [0, 0.1) is 0 Å². The SMILES string of the molecule is COc1ccc(CCNS(=O)(=O)c2cc(C(=O)O)ccc2NC(C)(C)C)cc1. The van der Waals surface area contributed by atoms with Gasteiger partial charge in [0, 0.05) is 12.1 Å². The molecule has 0 atom stereocenters. The first kappa shape index (κ1) is 21.7. The van der Waals surface area contributed by atoms with Crippen LogP contribution in [0.25, 0.3) is 0 Å². The maximum Gasteiger partial charge on any atom is 0.335 e. The number of ether oxygens (including phenoxy) is 1. The Balaban J connectivity index is 2.21. The van der Waals surface area contributed by atoms with Gasteiger partial charge >= 0.3 is 5.97 Å². The summed E-state index contributed by atoms with van der Waals surface area (Å²) in [5, 5.41) is 12.3. The van der Waals surface area contributed by atoms with E-state index < -0.39 is 21.5 Å². The Labute approximate surface area is 165 Å². The molecule has 8 heteroatoms. The number of anilines is 1. The number of nitrogens with one attached hydrogen (secondary N) is 2. The molecule has 2 aromatic carbocycles. The van der Waals surface area contributed by atoms with E-state index in [0.717, 1.165) is 11.3 Å². The summed E-state index contributed by atoms with van der Waals surface area (Å²) in [4.78, 5) is 11.2. The van der Waals surface area contributed by atoms with Crippen molar-refractivity contribution in [2.24, 2.45) is 0 Å². The average Bonchev–Trinajstić information content (AvgIpc) is 2.61. The Bertz CT molecular complexity index is 932. The first-order valence-corrected chi connectivity index (χ1v) is 10.3. The highest BCUT2D eigenvalue weighted by Crippen LogP contribution is 2.26. The number of carboxylic acids is 1. The Morgan fingerprint density at radius 2 is 1.75 bits per heavy atom. The van der Waals surface area contributed by atoms with Crippen LogP contribution in [0.5, 0.6) is 5.75 Å². The monoisotopic (exact) mass is 406 g/mol. The van der Waals surface area contributed by atoms with Gasteiger partial charge in [0.05, 0.1) is 18.4 Å². The Morgan fingerprint density at radius 1 is 1.11 bits per heavy atom. The summed E-state index contributed by atoms with van der Waals surface area (Å²) in [7, 11) is -2.32.